The van der Waals surface area contributed by atoms with Gasteiger partial charge in [-0.1, -0.05) is 13.8 Å². The summed E-state index contributed by atoms with van der Waals surface area (Å²) in [6, 6.07) is 0. The fourth-order valence-corrected chi connectivity index (χ4v) is 2.33. The minimum Gasteiger partial charge on any atom is -0.427 e. The Hall–Kier alpha value is -0.730. The summed E-state index contributed by atoms with van der Waals surface area (Å²) in [6.45, 7) is 4.25. The molecule has 0 aromatic rings. The van der Waals surface area contributed by atoms with Crippen LogP contribution in [0.4, 0.5) is 4.79 Å². The normalized spacial score (nSPS) is 45.3. The Morgan fingerprint density at radius 1 is 1.42 bits per heavy atom. The smallest absolute Gasteiger partial charge is 0.427 e. The zero-order chi connectivity index (χ0) is 8.72. The number of ether oxygens (including phenoxy) is 2. The zero-order valence-electron chi connectivity index (χ0n) is 7.45. The number of hydrogen-bond donors (Lipinski definition) is 0. The number of rotatable bonds is 1. The van der Waals surface area contributed by atoms with Crippen molar-refractivity contribution in [3.63, 3.8) is 0 Å². The van der Waals surface area contributed by atoms with Gasteiger partial charge in [0.15, 0.2) is 0 Å². The van der Waals surface area contributed by atoms with Gasteiger partial charge < -0.3 is 9.47 Å². The van der Waals surface area contributed by atoms with Crippen molar-refractivity contribution in [2.24, 2.45) is 11.8 Å². The van der Waals surface area contributed by atoms with Crippen molar-refractivity contribution in [2.75, 3.05) is 0 Å². The molecule has 68 valence electrons. The van der Waals surface area contributed by atoms with Gasteiger partial charge >= 0.3 is 6.16 Å². The lowest BCUT2D eigenvalue weighted by Gasteiger charge is -2.11. The van der Waals surface area contributed by atoms with E-state index in [0.717, 1.165) is 12.8 Å². The Kier molecular flexibility index (Phi) is 1.74. The van der Waals surface area contributed by atoms with Gasteiger partial charge in [0.05, 0.1) is 0 Å². The molecule has 3 nitrogen and oxygen atoms in total. The highest BCUT2D eigenvalue weighted by Crippen LogP contribution is 2.40. The van der Waals surface area contributed by atoms with Crippen LogP contribution >= 0.6 is 0 Å². The summed E-state index contributed by atoms with van der Waals surface area (Å²) in [4.78, 5) is 10.8. The third-order valence-corrected chi connectivity index (χ3v) is 3.01. The van der Waals surface area contributed by atoms with Crippen LogP contribution in [-0.2, 0) is 9.47 Å². The molecular weight excluding hydrogens is 156 g/mol. The van der Waals surface area contributed by atoms with Gasteiger partial charge in [0.2, 0.25) is 0 Å². The molecule has 2 aliphatic rings. The van der Waals surface area contributed by atoms with Crippen LogP contribution in [0, 0.1) is 11.8 Å². The first kappa shape index (κ1) is 7.90. The number of carbonyl (C=O) groups excluding carboxylic acids is 1. The molecule has 2 fully saturated rings. The Morgan fingerprint density at radius 2 is 2.08 bits per heavy atom. The van der Waals surface area contributed by atoms with E-state index in [0.29, 0.717) is 11.8 Å². The van der Waals surface area contributed by atoms with Crippen molar-refractivity contribution < 1.29 is 14.3 Å². The van der Waals surface area contributed by atoms with Crippen molar-refractivity contribution >= 4 is 6.16 Å². The average molecular weight is 170 g/mol. The van der Waals surface area contributed by atoms with Gasteiger partial charge in [0, 0.05) is 0 Å². The first-order valence-corrected chi connectivity index (χ1v) is 4.59. The molecule has 12 heavy (non-hydrogen) atoms. The van der Waals surface area contributed by atoms with Crippen LogP contribution in [0.25, 0.3) is 0 Å². The fourth-order valence-electron chi connectivity index (χ4n) is 2.33. The Morgan fingerprint density at radius 3 is 2.75 bits per heavy atom. The molecule has 1 aliphatic carbocycles. The van der Waals surface area contributed by atoms with Crippen molar-refractivity contribution in [1.29, 1.82) is 0 Å². The van der Waals surface area contributed by atoms with E-state index in [1.54, 1.807) is 0 Å². The molecule has 4 unspecified atom stereocenters. The lowest BCUT2D eigenvalue weighted by atomic mass is 10.0. The lowest BCUT2D eigenvalue weighted by molar-refractivity contribution is 0.0939. The van der Waals surface area contributed by atoms with E-state index in [2.05, 4.69) is 13.8 Å². The van der Waals surface area contributed by atoms with Crippen LogP contribution in [0.2, 0.25) is 0 Å². The van der Waals surface area contributed by atoms with E-state index in [-0.39, 0.29) is 12.2 Å². The van der Waals surface area contributed by atoms with Gasteiger partial charge in [-0.15, -0.1) is 0 Å². The molecule has 1 heterocycles. The Labute approximate surface area is 72.0 Å². The van der Waals surface area contributed by atoms with Crippen molar-refractivity contribution in [2.45, 2.75) is 38.9 Å². The molecule has 1 aliphatic heterocycles. The predicted molar refractivity (Wildman–Crippen MR) is 42.7 cm³/mol. The number of fused-ring (bicyclic) bond motifs is 1. The van der Waals surface area contributed by atoms with Gasteiger partial charge in [-0.3, -0.25) is 0 Å². The maximum atomic E-state index is 10.8. The maximum absolute atomic E-state index is 10.8. The minimum atomic E-state index is -0.477. The lowest BCUT2D eigenvalue weighted by Crippen LogP contribution is -2.23. The van der Waals surface area contributed by atoms with E-state index in [1.165, 1.54) is 0 Å². The highest BCUT2D eigenvalue weighted by molar-refractivity contribution is 5.62. The van der Waals surface area contributed by atoms with E-state index < -0.39 is 6.16 Å². The van der Waals surface area contributed by atoms with Crippen LogP contribution in [-0.4, -0.2) is 18.4 Å². The quantitative estimate of drug-likeness (QED) is 0.564. The summed E-state index contributed by atoms with van der Waals surface area (Å²) in [5.74, 6) is 0.975. The monoisotopic (exact) mass is 170 g/mol. The van der Waals surface area contributed by atoms with Crippen molar-refractivity contribution in [3.8, 4) is 0 Å². The highest BCUT2D eigenvalue weighted by Gasteiger charge is 2.49. The molecule has 0 spiro atoms. The Balaban J connectivity index is 2.13. The highest BCUT2D eigenvalue weighted by atomic mass is 16.8. The largest absolute Gasteiger partial charge is 0.509 e. The molecule has 1 saturated carbocycles. The predicted octanol–water partition coefficient (Wildman–Crippen LogP) is 1.96. The first-order chi connectivity index (χ1) is 5.72. The summed E-state index contributed by atoms with van der Waals surface area (Å²) in [5.41, 5.74) is 0. The Bertz CT molecular complexity index is 202. The minimum absolute atomic E-state index is 0.0300. The molecule has 0 N–H and O–H groups in total. The summed E-state index contributed by atoms with van der Waals surface area (Å²) < 4.78 is 10.2. The van der Waals surface area contributed by atoms with Crippen LogP contribution < -0.4 is 0 Å². The molecule has 0 radical (unpaired) electrons. The van der Waals surface area contributed by atoms with E-state index in [1.807, 2.05) is 0 Å². The molecule has 0 aromatic heterocycles. The van der Waals surface area contributed by atoms with Gasteiger partial charge in [0.1, 0.15) is 12.2 Å². The van der Waals surface area contributed by atoms with E-state index in [9.17, 15) is 4.79 Å². The van der Waals surface area contributed by atoms with Crippen LogP contribution in [0.15, 0.2) is 0 Å². The van der Waals surface area contributed by atoms with E-state index >= 15 is 0 Å². The summed E-state index contributed by atoms with van der Waals surface area (Å²) in [5, 5.41) is 0. The average Bonchev–Trinajstić information content (AvgIpc) is 2.52. The third-order valence-electron chi connectivity index (χ3n) is 3.01. The second-order valence-corrected chi connectivity index (χ2v) is 3.80. The molecule has 3 heteroatoms. The molecule has 2 rings (SSSR count). The molecule has 0 aromatic carbocycles. The molecule has 4 atom stereocenters. The fraction of sp³-hybridized carbons (Fsp3) is 0.889. The SMILES string of the molecule is CCC1CC(C)C2OC(=O)OC12. The molecule has 0 amide bonds. The summed E-state index contributed by atoms with van der Waals surface area (Å²) >= 11 is 0. The summed E-state index contributed by atoms with van der Waals surface area (Å²) in [7, 11) is 0. The first-order valence-electron chi connectivity index (χ1n) is 4.59. The van der Waals surface area contributed by atoms with Crippen LogP contribution in [0.5, 0.6) is 0 Å². The van der Waals surface area contributed by atoms with Crippen LogP contribution in [0.1, 0.15) is 26.7 Å². The number of carbonyl (C=O) groups is 1. The van der Waals surface area contributed by atoms with Crippen molar-refractivity contribution in [3.05, 3.63) is 0 Å². The van der Waals surface area contributed by atoms with Crippen LogP contribution in [0.3, 0.4) is 0 Å². The second-order valence-electron chi connectivity index (χ2n) is 3.80. The van der Waals surface area contributed by atoms with Gasteiger partial charge in [-0.25, -0.2) is 4.79 Å². The van der Waals surface area contributed by atoms with E-state index in [4.69, 9.17) is 9.47 Å². The third kappa shape index (κ3) is 0.993. The maximum Gasteiger partial charge on any atom is 0.509 e. The molecular formula is C9H14O3. The van der Waals surface area contributed by atoms with Gasteiger partial charge in [0.25, 0.3) is 0 Å². The topological polar surface area (TPSA) is 35.5 Å². The van der Waals surface area contributed by atoms with Gasteiger partial charge in [-0.05, 0) is 24.7 Å². The number of hydrogen-bond acceptors (Lipinski definition) is 3. The molecule has 1 saturated heterocycles. The van der Waals surface area contributed by atoms with Crippen molar-refractivity contribution in [1.82, 2.24) is 0 Å². The summed E-state index contributed by atoms with van der Waals surface area (Å²) in [6.07, 6.45) is 1.79. The van der Waals surface area contributed by atoms with Gasteiger partial charge in [-0.2, -0.15) is 0 Å². The second kappa shape index (κ2) is 2.64. The zero-order valence-corrected chi connectivity index (χ0v) is 7.45. The standard InChI is InChI=1S/C9H14O3/c1-3-6-4-5(2)7-8(6)12-9(10)11-7/h5-8H,3-4H2,1-2H3. The molecule has 0 bridgehead atoms.